The van der Waals surface area contributed by atoms with Crippen molar-refractivity contribution in [3.63, 3.8) is 0 Å². The van der Waals surface area contributed by atoms with Gasteiger partial charge in [-0.3, -0.25) is 4.68 Å². The predicted octanol–water partition coefficient (Wildman–Crippen LogP) is 2.27. The van der Waals surface area contributed by atoms with E-state index in [2.05, 4.69) is 17.1 Å². The van der Waals surface area contributed by atoms with Crippen LogP contribution >= 0.6 is 0 Å². The lowest BCUT2D eigenvalue weighted by Gasteiger charge is -2.42. The highest BCUT2D eigenvalue weighted by molar-refractivity contribution is 5.68. The Morgan fingerprint density at radius 3 is 2.64 bits per heavy atom. The highest BCUT2D eigenvalue weighted by atomic mass is 16.5. The van der Waals surface area contributed by atoms with Gasteiger partial charge in [-0.05, 0) is 25.7 Å². The normalized spacial score (nSPS) is 26.0. The molecule has 7 nitrogen and oxygen atoms in total. The molecular formula is C18H22N6O. The van der Waals surface area contributed by atoms with Crippen molar-refractivity contribution in [3.8, 4) is 17.1 Å². The van der Waals surface area contributed by atoms with E-state index in [4.69, 9.17) is 15.5 Å². The molecule has 0 radical (unpaired) electrons. The van der Waals surface area contributed by atoms with E-state index >= 15 is 0 Å². The topological polar surface area (TPSA) is 83.3 Å². The number of hydrogen-bond acceptors (Lipinski definition) is 5. The van der Waals surface area contributed by atoms with Gasteiger partial charge in [-0.15, -0.1) is 0 Å². The SMILES string of the molecule is Cn1cc(-c2cn3ncc(C4CC4)c3c(O[C@]3(C)C[C@H](N)C3)n2)cn1. The van der Waals surface area contributed by atoms with Crippen molar-refractivity contribution in [2.75, 3.05) is 0 Å². The van der Waals surface area contributed by atoms with Crippen molar-refractivity contribution < 1.29 is 4.74 Å². The number of nitrogens with zero attached hydrogens (tertiary/aromatic N) is 5. The number of aryl methyl sites for hydroxylation is 1. The molecule has 7 heteroatoms. The number of hydrogen-bond donors (Lipinski definition) is 1. The maximum Gasteiger partial charge on any atom is 0.241 e. The van der Waals surface area contributed by atoms with Gasteiger partial charge >= 0.3 is 0 Å². The van der Waals surface area contributed by atoms with Crippen LogP contribution in [0.5, 0.6) is 5.88 Å². The minimum atomic E-state index is -0.244. The summed E-state index contributed by atoms with van der Waals surface area (Å²) in [6.45, 7) is 2.11. The van der Waals surface area contributed by atoms with Gasteiger partial charge in [0.1, 0.15) is 11.1 Å². The zero-order chi connectivity index (χ0) is 17.2. The second-order valence-corrected chi connectivity index (χ2v) is 7.72. The first-order valence-corrected chi connectivity index (χ1v) is 8.83. The Hall–Kier alpha value is -2.41. The van der Waals surface area contributed by atoms with Crippen LogP contribution in [-0.4, -0.2) is 36.0 Å². The third kappa shape index (κ3) is 2.50. The molecule has 2 aliphatic rings. The molecule has 0 aliphatic heterocycles. The smallest absolute Gasteiger partial charge is 0.241 e. The molecule has 2 aliphatic carbocycles. The molecule has 3 heterocycles. The van der Waals surface area contributed by atoms with E-state index in [1.54, 1.807) is 4.68 Å². The quantitative estimate of drug-likeness (QED) is 0.789. The van der Waals surface area contributed by atoms with Crippen molar-refractivity contribution >= 4 is 5.52 Å². The Balaban J connectivity index is 1.64. The largest absolute Gasteiger partial charge is 0.470 e. The molecule has 25 heavy (non-hydrogen) atoms. The average Bonchev–Trinajstić information content (AvgIpc) is 3.13. The second-order valence-electron chi connectivity index (χ2n) is 7.72. The van der Waals surface area contributed by atoms with Gasteiger partial charge in [0.05, 0.1) is 24.3 Å². The van der Waals surface area contributed by atoms with Gasteiger partial charge in [-0.25, -0.2) is 9.50 Å². The van der Waals surface area contributed by atoms with Gasteiger partial charge < -0.3 is 10.5 Å². The van der Waals surface area contributed by atoms with Crippen molar-refractivity contribution in [3.05, 3.63) is 30.4 Å². The fraction of sp³-hybridized carbons (Fsp3) is 0.500. The number of fused-ring (bicyclic) bond motifs is 1. The summed E-state index contributed by atoms with van der Waals surface area (Å²) < 4.78 is 10.1. The third-order valence-corrected chi connectivity index (χ3v) is 5.24. The molecule has 2 N–H and O–H groups in total. The second kappa shape index (κ2) is 5.05. The van der Waals surface area contributed by atoms with Crippen LogP contribution in [0.1, 0.15) is 44.1 Å². The first kappa shape index (κ1) is 14.9. The number of rotatable bonds is 4. The molecule has 2 fully saturated rings. The van der Waals surface area contributed by atoms with Gasteiger partial charge in [-0.1, -0.05) is 0 Å². The summed E-state index contributed by atoms with van der Waals surface area (Å²) in [4.78, 5) is 4.84. The third-order valence-electron chi connectivity index (χ3n) is 5.24. The average molecular weight is 338 g/mol. The van der Waals surface area contributed by atoms with Crippen LogP contribution in [0.4, 0.5) is 0 Å². The summed E-state index contributed by atoms with van der Waals surface area (Å²) in [6.07, 6.45) is 11.8. The van der Waals surface area contributed by atoms with Crippen molar-refractivity contribution in [2.24, 2.45) is 12.8 Å². The van der Waals surface area contributed by atoms with E-state index in [-0.39, 0.29) is 11.6 Å². The lowest BCUT2D eigenvalue weighted by molar-refractivity contribution is -0.00641. The van der Waals surface area contributed by atoms with Crippen LogP contribution in [0.25, 0.3) is 16.8 Å². The fourth-order valence-corrected chi connectivity index (χ4v) is 3.82. The highest BCUT2D eigenvalue weighted by Gasteiger charge is 2.42. The van der Waals surface area contributed by atoms with E-state index in [1.165, 1.54) is 18.4 Å². The Labute approximate surface area is 145 Å². The maximum absolute atomic E-state index is 6.39. The first-order valence-electron chi connectivity index (χ1n) is 8.83. The summed E-state index contributed by atoms with van der Waals surface area (Å²) in [6, 6.07) is 0.218. The van der Waals surface area contributed by atoms with Crippen LogP contribution in [0.3, 0.4) is 0 Å². The summed E-state index contributed by atoms with van der Waals surface area (Å²) in [7, 11) is 1.90. The van der Waals surface area contributed by atoms with Crippen molar-refractivity contribution in [1.29, 1.82) is 0 Å². The van der Waals surface area contributed by atoms with Gasteiger partial charge in [0.15, 0.2) is 0 Å². The predicted molar refractivity (Wildman–Crippen MR) is 93.4 cm³/mol. The molecule has 0 saturated heterocycles. The molecular weight excluding hydrogens is 316 g/mol. The van der Waals surface area contributed by atoms with Gasteiger partial charge in [0, 0.05) is 43.3 Å². The Morgan fingerprint density at radius 2 is 2.00 bits per heavy atom. The maximum atomic E-state index is 6.39. The first-order chi connectivity index (χ1) is 12.0. The zero-order valence-corrected chi connectivity index (χ0v) is 14.5. The lowest BCUT2D eigenvalue weighted by Crippen LogP contribution is -2.53. The van der Waals surface area contributed by atoms with Crippen LogP contribution in [0.2, 0.25) is 0 Å². The van der Waals surface area contributed by atoms with Crippen LogP contribution in [0.15, 0.2) is 24.8 Å². The molecule has 3 aromatic heterocycles. The lowest BCUT2D eigenvalue weighted by atomic mass is 9.77. The fourth-order valence-electron chi connectivity index (χ4n) is 3.82. The molecule has 0 atom stereocenters. The highest BCUT2D eigenvalue weighted by Crippen LogP contribution is 2.45. The Bertz CT molecular complexity index is 948. The van der Waals surface area contributed by atoms with E-state index in [0.717, 1.165) is 29.6 Å². The van der Waals surface area contributed by atoms with Gasteiger partial charge in [-0.2, -0.15) is 10.2 Å². The van der Waals surface area contributed by atoms with Crippen LogP contribution in [0, 0.1) is 0 Å². The van der Waals surface area contributed by atoms with E-state index in [9.17, 15) is 0 Å². The van der Waals surface area contributed by atoms with Gasteiger partial charge in [0.2, 0.25) is 5.88 Å². The van der Waals surface area contributed by atoms with Crippen molar-refractivity contribution in [2.45, 2.75) is 50.2 Å². The number of ether oxygens (including phenoxy) is 1. The Morgan fingerprint density at radius 1 is 1.20 bits per heavy atom. The molecule has 2 saturated carbocycles. The molecule has 0 unspecified atom stereocenters. The summed E-state index contributed by atoms with van der Waals surface area (Å²) >= 11 is 0. The molecule has 130 valence electrons. The monoisotopic (exact) mass is 338 g/mol. The molecule has 0 aromatic carbocycles. The summed E-state index contributed by atoms with van der Waals surface area (Å²) in [5.74, 6) is 1.25. The van der Waals surface area contributed by atoms with Crippen LogP contribution < -0.4 is 10.5 Å². The van der Waals surface area contributed by atoms with Gasteiger partial charge in [0.25, 0.3) is 0 Å². The zero-order valence-electron chi connectivity index (χ0n) is 14.5. The standard InChI is InChI=1S/C18H22N6O/c1-18(5-13(19)6-18)25-17-16-14(11-3-4-11)8-21-24(16)10-15(22-17)12-7-20-23(2)9-12/h7-11,13H,3-6,19H2,1-2H3/t13-,18+. The molecule has 0 amide bonds. The minimum absolute atomic E-state index is 0.218. The Kier molecular flexibility index (Phi) is 3.01. The number of aromatic nitrogens is 5. The van der Waals surface area contributed by atoms with Crippen LogP contribution in [-0.2, 0) is 7.05 Å². The summed E-state index contributed by atoms with van der Waals surface area (Å²) in [5, 5.41) is 8.81. The number of nitrogens with two attached hydrogens (primary N) is 1. The molecule has 0 bridgehead atoms. The van der Waals surface area contributed by atoms with E-state index in [1.807, 2.05) is 36.4 Å². The molecule has 5 rings (SSSR count). The summed E-state index contributed by atoms with van der Waals surface area (Å²) in [5.41, 5.74) is 9.74. The molecule has 0 spiro atoms. The van der Waals surface area contributed by atoms with E-state index in [0.29, 0.717) is 11.8 Å². The minimum Gasteiger partial charge on any atom is -0.470 e. The molecule has 3 aromatic rings. The van der Waals surface area contributed by atoms with Crippen molar-refractivity contribution in [1.82, 2.24) is 24.4 Å². The van der Waals surface area contributed by atoms with E-state index < -0.39 is 0 Å².